The molecule has 0 spiro atoms. The predicted octanol–water partition coefficient (Wildman–Crippen LogP) is -1.02. The van der Waals surface area contributed by atoms with E-state index in [-0.39, 0.29) is 36.0 Å². The quantitative estimate of drug-likeness (QED) is 0.0873. The number of esters is 1. The minimum absolute atomic E-state index is 0.0754. The molecule has 2 fully saturated rings. The van der Waals surface area contributed by atoms with Crippen LogP contribution >= 0.6 is 0 Å². The number of carbonyl (C=O) groups is 1. The van der Waals surface area contributed by atoms with E-state index in [4.69, 9.17) is 23.7 Å². The first kappa shape index (κ1) is 33.4. The number of rotatable bonds is 10. The van der Waals surface area contributed by atoms with Gasteiger partial charge in [-0.3, -0.25) is 0 Å². The lowest BCUT2D eigenvalue weighted by atomic mass is 9.97. The number of aliphatic hydroxyl groups is 5. The lowest BCUT2D eigenvalue weighted by molar-refractivity contribution is -0.357. The molecule has 2 aliphatic rings. The second-order valence-electron chi connectivity index (χ2n) is 10.5. The van der Waals surface area contributed by atoms with Gasteiger partial charge >= 0.3 is 5.97 Å². The number of aromatic hydroxyl groups is 4. The standard InChI is InChI=1S/C29H36O15/c1-13-22(35)24(37)25(38)29(42-13)44-27-23(36)20(12-41-21(34)7-4-14-2-5-16(30)18(32)10-14)43-28(26(27)39)40-9-8-15-3-6-17(31)19(33)11-15/h2-7,10-11,13,20,22-33,35-39H,8-9,12H2,1H3/t13-,20+,22-,23+,24+,25+,26+,27-,28+,29+/m0/s1. The summed E-state index contributed by atoms with van der Waals surface area (Å²) in [4.78, 5) is 12.4. The maximum absolute atomic E-state index is 12.4. The number of ether oxygens (including phenoxy) is 5. The molecule has 2 aromatic carbocycles. The van der Waals surface area contributed by atoms with Gasteiger partial charge in [-0.25, -0.2) is 4.79 Å². The Morgan fingerprint density at radius 2 is 1.48 bits per heavy atom. The third kappa shape index (κ3) is 7.95. The van der Waals surface area contributed by atoms with Crippen LogP contribution in [0, 0.1) is 0 Å². The van der Waals surface area contributed by atoms with Crippen LogP contribution in [0.3, 0.4) is 0 Å². The van der Waals surface area contributed by atoms with E-state index in [1.165, 1.54) is 43.3 Å². The van der Waals surface area contributed by atoms with Gasteiger partial charge in [-0.2, -0.15) is 0 Å². The second-order valence-corrected chi connectivity index (χ2v) is 10.5. The average Bonchev–Trinajstić information content (AvgIpc) is 2.99. The highest BCUT2D eigenvalue weighted by molar-refractivity contribution is 5.87. The van der Waals surface area contributed by atoms with Crippen LogP contribution in [0.5, 0.6) is 23.0 Å². The van der Waals surface area contributed by atoms with Crippen LogP contribution in [0.1, 0.15) is 18.1 Å². The van der Waals surface area contributed by atoms with Gasteiger partial charge in [0.2, 0.25) is 0 Å². The van der Waals surface area contributed by atoms with Gasteiger partial charge in [-0.05, 0) is 54.8 Å². The molecule has 15 heteroatoms. The van der Waals surface area contributed by atoms with Crippen LogP contribution in [-0.2, 0) is 34.9 Å². The van der Waals surface area contributed by atoms with E-state index in [1.807, 2.05) is 0 Å². The Morgan fingerprint density at radius 3 is 2.16 bits per heavy atom. The lowest BCUT2D eigenvalue weighted by Crippen LogP contribution is -2.64. The first-order valence-electron chi connectivity index (χ1n) is 13.7. The Bertz CT molecular complexity index is 1300. The molecule has 0 saturated carbocycles. The molecule has 0 radical (unpaired) electrons. The predicted molar refractivity (Wildman–Crippen MR) is 147 cm³/mol. The number of hydrogen-bond acceptors (Lipinski definition) is 15. The maximum atomic E-state index is 12.4. The number of benzene rings is 2. The molecule has 9 N–H and O–H groups in total. The summed E-state index contributed by atoms with van der Waals surface area (Å²) in [5.74, 6) is -2.23. The fraction of sp³-hybridized carbons (Fsp3) is 0.483. The van der Waals surface area contributed by atoms with Crippen LogP contribution in [0.2, 0.25) is 0 Å². The van der Waals surface area contributed by atoms with Gasteiger partial charge in [0.25, 0.3) is 0 Å². The number of carbonyl (C=O) groups excluding carboxylic acids is 1. The molecular formula is C29H36O15. The fourth-order valence-corrected chi connectivity index (χ4v) is 4.66. The monoisotopic (exact) mass is 624 g/mol. The Labute approximate surface area is 251 Å². The van der Waals surface area contributed by atoms with Crippen molar-refractivity contribution >= 4 is 12.0 Å². The number of phenols is 4. The molecule has 0 unspecified atom stereocenters. The molecule has 242 valence electrons. The highest BCUT2D eigenvalue weighted by Gasteiger charge is 2.50. The number of phenolic OH excluding ortho intramolecular Hbond substituents is 4. The van der Waals surface area contributed by atoms with Gasteiger partial charge in [-0.1, -0.05) is 12.1 Å². The summed E-state index contributed by atoms with van der Waals surface area (Å²) in [6, 6.07) is 8.05. The van der Waals surface area contributed by atoms with Crippen molar-refractivity contribution < 1.29 is 74.4 Å². The van der Waals surface area contributed by atoms with Crippen molar-refractivity contribution in [2.24, 2.45) is 0 Å². The molecule has 15 nitrogen and oxygen atoms in total. The normalized spacial score (nSPS) is 32.5. The molecule has 0 aromatic heterocycles. The molecule has 44 heavy (non-hydrogen) atoms. The Hall–Kier alpha value is -3.51. The average molecular weight is 625 g/mol. The zero-order chi connectivity index (χ0) is 32.1. The first-order valence-corrected chi connectivity index (χ1v) is 13.7. The summed E-state index contributed by atoms with van der Waals surface area (Å²) in [6.45, 7) is 0.804. The van der Waals surface area contributed by atoms with E-state index in [0.717, 1.165) is 6.08 Å². The lowest BCUT2D eigenvalue weighted by Gasteiger charge is -2.45. The van der Waals surface area contributed by atoms with Crippen LogP contribution in [0.15, 0.2) is 42.5 Å². The van der Waals surface area contributed by atoms with Crippen molar-refractivity contribution in [1.82, 2.24) is 0 Å². The van der Waals surface area contributed by atoms with Crippen LogP contribution < -0.4 is 0 Å². The van der Waals surface area contributed by atoms with Crippen LogP contribution in [0.4, 0.5) is 0 Å². The molecule has 0 amide bonds. The Morgan fingerprint density at radius 1 is 0.795 bits per heavy atom. The summed E-state index contributed by atoms with van der Waals surface area (Å²) in [7, 11) is 0. The van der Waals surface area contributed by atoms with Gasteiger partial charge < -0.3 is 69.6 Å². The summed E-state index contributed by atoms with van der Waals surface area (Å²) in [5, 5.41) is 90.8. The van der Waals surface area contributed by atoms with Crippen molar-refractivity contribution in [2.45, 2.75) is 74.8 Å². The topological polar surface area (TPSA) is 245 Å². The van der Waals surface area contributed by atoms with Gasteiger partial charge in [0.05, 0.1) is 12.7 Å². The SMILES string of the molecule is C[C@@H]1O[C@H](O[C@@H]2[C@@H](O)[C@H](OCCc3ccc(O)c(O)c3)O[C@H](COC(=O)C=Cc3ccc(O)c(O)c3)[C@H]2O)[C@H](O)[C@H](O)[C@H]1O. The highest BCUT2D eigenvalue weighted by Crippen LogP contribution is 2.31. The van der Waals surface area contributed by atoms with E-state index in [1.54, 1.807) is 6.07 Å². The van der Waals surface area contributed by atoms with E-state index in [0.29, 0.717) is 11.1 Å². The van der Waals surface area contributed by atoms with Crippen molar-refractivity contribution in [2.75, 3.05) is 13.2 Å². The highest BCUT2D eigenvalue weighted by atomic mass is 16.7. The second kappa shape index (κ2) is 14.5. The summed E-state index contributed by atoms with van der Waals surface area (Å²) in [5.41, 5.74) is 0.962. The molecule has 2 aromatic rings. The molecule has 2 heterocycles. The van der Waals surface area contributed by atoms with E-state index >= 15 is 0 Å². The van der Waals surface area contributed by atoms with E-state index in [2.05, 4.69) is 0 Å². The third-order valence-electron chi connectivity index (χ3n) is 7.26. The molecule has 4 rings (SSSR count). The molecule has 10 atom stereocenters. The molecule has 0 bridgehead atoms. The molecule has 0 aliphatic carbocycles. The zero-order valence-electron chi connectivity index (χ0n) is 23.5. The van der Waals surface area contributed by atoms with Crippen molar-refractivity contribution in [3.8, 4) is 23.0 Å². The fourth-order valence-electron chi connectivity index (χ4n) is 4.66. The summed E-state index contributed by atoms with van der Waals surface area (Å²) < 4.78 is 27.7. The van der Waals surface area contributed by atoms with Gasteiger partial charge in [0.1, 0.15) is 49.3 Å². The van der Waals surface area contributed by atoms with Gasteiger partial charge in [-0.15, -0.1) is 0 Å². The summed E-state index contributed by atoms with van der Waals surface area (Å²) >= 11 is 0. The van der Waals surface area contributed by atoms with E-state index in [9.17, 15) is 50.8 Å². The molecular weight excluding hydrogens is 588 g/mol. The molecule has 2 saturated heterocycles. The first-order chi connectivity index (χ1) is 20.8. The minimum Gasteiger partial charge on any atom is -0.504 e. The minimum atomic E-state index is -1.74. The molecule has 2 aliphatic heterocycles. The smallest absolute Gasteiger partial charge is 0.330 e. The Balaban J connectivity index is 1.44. The summed E-state index contributed by atoms with van der Waals surface area (Å²) in [6.07, 6.45) is -12.5. The Kier molecular flexibility index (Phi) is 11.0. The van der Waals surface area contributed by atoms with Crippen molar-refractivity contribution in [3.63, 3.8) is 0 Å². The van der Waals surface area contributed by atoms with Crippen LogP contribution in [-0.4, -0.2) is 127 Å². The number of hydrogen-bond donors (Lipinski definition) is 9. The largest absolute Gasteiger partial charge is 0.504 e. The van der Waals surface area contributed by atoms with Gasteiger partial charge in [0.15, 0.2) is 35.6 Å². The maximum Gasteiger partial charge on any atom is 0.330 e. The zero-order valence-corrected chi connectivity index (χ0v) is 23.5. The van der Waals surface area contributed by atoms with Crippen LogP contribution in [0.25, 0.3) is 6.08 Å². The van der Waals surface area contributed by atoms with Gasteiger partial charge in [0, 0.05) is 6.08 Å². The third-order valence-corrected chi connectivity index (χ3v) is 7.26. The van der Waals surface area contributed by atoms with Crippen molar-refractivity contribution in [1.29, 1.82) is 0 Å². The number of aliphatic hydroxyl groups excluding tert-OH is 5. The van der Waals surface area contributed by atoms with E-state index < -0.39 is 74.0 Å². The van der Waals surface area contributed by atoms with Crippen molar-refractivity contribution in [3.05, 3.63) is 53.6 Å².